The lowest BCUT2D eigenvalue weighted by molar-refractivity contribution is -0.145. The average Bonchev–Trinajstić information content (AvgIpc) is 3.86. The van der Waals surface area contributed by atoms with Crippen LogP contribution in [0.4, 0.5) is 5.69 Å². The maximum atomic E-state index is 14.6. The van der Waals surface area contributed by atoms with Gasteiger partial charge >= 0.3 is 5.97 Å². The Morgan fingerprint density at radius 3 is 2.61 bits per heavy atom. The van der Waals surface area contributed by atoms with Crippen molar-refractivity contribution in [3.63, 3.8) is 0 Å². The normalized spacial score (nSPS) is 25.7. The van der Waals surface area contributed by atoms with Crippen molar-refractivity contribution >= 4 is 29.4 Å². The quantitative estimate of drug-likeness (QED) is 0.286. The number of carbonyl (C=O) groups is 4. The van der Waals surface area contributed by atoms with Crippen LogP contribution in [0.3, 0.4) is 0 Å². The fraction of sp³-hybridized carbons (Fsp3) is 0.472. The molecule has 1 saturated heterocycles. The van der Waals surface area contributed by atoms with E-state index in [4.69, 9.17) is 18.9 Å². The molecule has 4 aliphatic rings. The molecule has 1 aromatic heterocycles. The van der Waals surface area contributed by atoms with Gasteiger partial charge in [0.05, 0.1) is 7.11 Å². The lowest BCUT2D eigenvalue weighted by Gasteiger charge is -2.29. The molecule has 13 heteroatoms. The minimum Gasteiger partial charge on any atom is -0.469 e. The fourth-order valence-corrected chi connectivity index (χ4v) is 7.53. The Morgan fingerprint density at radius 2 is 1.88 bits per heavy atom. The molecule has 6 atom stereocenters. The number of nitrogens with zero attached hydrogens (tertiary/aromatic N) is 2. The van der Waals surface area contributed by atoms with E-state index in [0.29, 0.717) is 36.3 Å². The molecule has 13 nitrogen and oxygen atoms in total. The highest BCUT2D eigenvalue weighted by Gasteiger charge is 2.61. The van der Waals surface area contributed by atoms with E-state index in [1.165, 1.54) is 12.0 Å². The second kappa shape index (κ2) is 12.2. The second-order valence-electron chi connectivity index (χ2n) is 13.9. The summed E-state index contributed by atoms with van der Waals surface area (Å²) >= 11 is 0. The number of hydrogen-bond donors (Lipinski definition) is 4. The number of aromatic nitrogens is 1. The number of esters is 1. The Kier molecular flexibility index (Phi) is 8.13. The molecule has 4 N–H and O–H groups in total. The number of para-hydroxylation sites is 1. The number of carbonyl (C=O) groups excluding carboxylic acids is 4. The van der Waals surface area contributed by atoms with E-state index >= 15 is 0 Å². The van der Waals surface area contributed by atoms with Gasteiger partial charge in [0.25, 0.3) is 5.91 Å². The summed E-state index contributed by atoms with van der Waals surface area (Å²) in [6, 6.07) is 10.6. The highest BCUT2D eigenvalue weighted by molar-refractivity contribution is 5.98. The molecule has 1 spiro atoms. The zero-order valence-corrected chi connectivity index (χ0v) is 28.1. The molecule has 7 rings (SSSR count). The first kappa shape index (κ1) is 32.6. The summed E-state index contributed by atoms with van der Waals surface area (Å²) in [4.78, 5) is 60.8. The van der Waals surface area contributed by atoms with Crippen molar-refractivity contribution < 1.29 is 38.2 Å². The van der Waals surface area contributed by atoms with Gasteiger partial charge in [-0.15, -0.1) is 0 Å². The van der Waals surface area contributed by atoms with Crippen LogP contribution in [0.25, 0.3) is 0 Å². The van der Waals surface area contributed by atoms with Gasteiger partial charge in [0.15, 0.2) is 17.7 Å². The minimum atomic E-state index is -1.31. The van der Waals surface area contributed by atoms with E-state index in [1.807, 2.05) is 56.3 Å². The van der Waals surface area contributed by atoms with Gasteiger partial charge in [0, 0.05) is 24.2 Å². The van der Waals surface area contributed by atoms with E-state index in [2.05, 4.69) is 16.0 Å². The number of hydrogen-bond acceptors (Lipinski definition) is 10. The van der Waals surface area contributed by atoms with Crippen molar-refractivity contribution in [3.8, 4) is 5.75 Å². The monoisotopic (exact) mass is 671 g/mol. The summed E-state index contributed by atoms with van der Waals surface area (Å²) in [6.07, 6.45) is -0.847. The summed E-state index contributed by atoms with van der Waals surface area (Å²) in [7, 11) is 1.30. The number of benzene rings is 2. The van der Waals surface area contributed by atoms with E-state index in [9.17, 15) is 24.3 Å². The van der Waals surface area contributed by atoms with Crippen LogP contribution in [0.15, 0.2) is 46.9 Å². The Balaban J connectivity index is 1.45. The number of fused-ring (bicyclic) bond motifs is 4. The van der Waals surface area contributed by atoms with E-state index in [0.717, 1.165) is 11.3 Å². The van der Waals surface area contributed by atoms with Gasteiger partial charge in [0.2, 0.25) is 17.7 Å². The molecule has 0 aliphatic carbocycles. The first-order valence-corrected chi connectivity index (χ1v) is 16.8. The predicted octanol–water partition coefficient (Wildman–Crippen LogP) is 2.80. The van der Waals surface area contributed by atoms with Gasteiger partial charge in [-0.25, -0.2) is 9.78 Å². The number of likely N-dealkylation sites (tertiary alicyclic amines) is 1. The summed E-state index contributed by atoms with van der Waals surface area (Å²) in [5.74, 6) is -1.88. The van der Waals surface area contributed by atoms with Crippen LogP contribution in [0.1, 0.15) is 85.4 Å². The molecule has 2 aromatic carbocycles. The Morgan fingerprint density at radius 1 is 1.10 bits per heavy atom. The number of nitrogens with one attached hydrogen (secondary N) is 3. The summed E-state index contributed by atoms with van der Waals surface area (Å²) in [5.41, 5.74) is 1.85. The number of rotatable bonds is 6. The van der Waals surface area contributed by atoms with Gasteiger partial charge in [-0.1, -0.05) is 58.0 Å². The third-order valence-corrected chi connectivity index (χ3v) is 10.1. The number of methoxy groups -OCH3 is 1. The van der Waals surface area contributed by atoms with E-state index in [1.54, 1.807) is 13.8 Å². The molecule has 1 fully saturated rings. The van der Waals surface area contributed by atoms with Crippen molar-refractivity contribution in [1.29, 1.82) is 0 Å². The second-order valence-corrected chi connectivity index (χ2v) is 13.9. The van der Waals surface area contributed by atoms with Crippen LogP contribution in [0, 0.1) is 11.8 Å². The highest BCUT2D eigenvalue weighted by atomic mass is 16.5. The number of ether oxygens (including phenoxy) is 2. The molecule has 49 heavy (non-hydrogen) atoms. The fourth-order valence-electron chi connectivity index (χ4n) is 7.53. The zero-order chi connectivity index (χ0) is 34.8. The molecule has 3 amide bonds. The average molecular weight is 672 g/mol. The third-order valence-electron chi connectivity index (χ3n) is 10.1. The van der Waals surface area contributed by atoms with E-state index < -0.39 is 59.6 Å². The Labute approximate surface area is 283 Å². The van der Waals surface area contributed by atoms with Gasteiger partial charge in [0.1, 0.15) is 35.4 Å². The summed E-state index contributed by atoms with van der Waals surface area (Å²) in [6.45, 7) is 7.55. The van der Waals surface area contributed by atoms with Gasteiger partial charge < -0.3 is 39.8 Å². The third kappa shape index (κ3) is 5.13. The molecule has 3 aromatic rings. The van der Waals surface area contributed by atoms with Crippen LogP contribution >= 0.6 is 0 Å². The van der Waals surface area contributed by atoms with Crippen LogP contribution in [-0.2, 0) is 31.0 Å². The van der Waals surface area contributed by atoms with Crippen molar-refractivity contribution in [2.75, 3.05) is 19.0 Å². The number of anilines is 1. The van der Waals surface area contributed by atoms with Crippen molar-refractivity contribution in [1.82, 2.24) is 20.5 Å². The number of aliphatic hydroxyl groups is 1. The maximum absolute atomic E-state index is 14.6. The standard InChI is InChI=1S/C36H41N5O8/c1-17(2)26-32-40-27(33(45)41-14-8-11-24(41)34(46)47-5)29(49-32)36-20-9-6-7-10-22(20)38-35(36)48-25-13-12-19(15-21(25)36)16-23(30(43)39-26)37-31(44)28(42)18(3)4/h6-7,9-10,12-13,15,17-18,23-24,26,28,35,38,42H,8,11,14,16H2,1-5H3,(H,37,44)(H,39,43)/t23-,24-,26-,28-,35?,36?/m0/s1. The van der Waals surface area contributed by atoms with Crippen LogP contribution < -0.4 is 20.7 Å². The summed E-state index contributed by atoms with van der Waals surface area (Å²) in [5, 5.41) is 19.8. The number of aliphatic hydroxyl groups excluding tert-OH is 1. The predicted molar refractivity (Wildman–Crippen MR) is 176 cm³/mol. The Bertz CT molecular complexity index is 1840. The maximum Gasteiger partial charge on any atom is 0.328 e. The molecule has 4 bridgehead atoms. The van der Waals surface area contributed by atoms with Crippen LogP contribution in [-0.4, -0.2) is 76.8 Å². The first-order chi connectivity index (χ1) is 23.4. The number of amides is 3. The SMILES string of the molecule is COC(=O)[C@@H]1CCCN1C(=O)c1nc2oc1C13c4ccccc4NC1Oc1ccc(cc13)C[C@H](NC(=O)[C@@H](O)C(C)C)C(=O)N[C@H]2C(C)C. The van der Waals surface area contributed by atoms with Crippen molar-refractivity contribution in [3.05, 3.63) is 76.5 Å². The smallest absolute Gasteiger partial charge is 0.328 e. The largest absolute Gasteiger partial charge is 0.469 e. The molecular formula is C36H41N5O8. The lowest BCUT2D eigenvalue weighted by Crippen LogP contribution is -2.52. The molecule has 0 saturated carbocycles. The first-order valence-electron chi connectivity index (χ1n) is 16.8. The lowest BCUT2D eigenvalue weighted by atomic mass is 9.72. The topological polar surface area (TPSA) is 172 Å². The molecule has 4 aliphatic heterocycles. The van der Waals surface area contributed by atoms with Crippen molar-refractivity contribution in [2.24, 2.45) is 11.8 Å². The molecule has 0 radical (unpaired) electrons. The highest BCUT2D eigenvalue weighted by Crippen LogP contribution is 2.58. The van der Waals surface area contributed by atoms with Gasteiger partial charge in [-0.05, 0) is 47.9 Å². The molecule has 258 valence electrons. The Hall–Kier alpha value is -4.91. The van der Waals surface area contributed by atoms with Gasteiger partial charge in [-0.3, -0.25) is 14.4 Å². The number of oxazole rings is 1. The minimum absolute atomic E-state index is 0.0141. The summed E-state index contributed by atoms with van der Waals surface area (Å²) < 4.78 is 18.4. The van der Waals surface area contributed by atoms with Gasteiger partial charge in [-0.2, -0.15) is 0 Å². The van der Waals surface area contributed by atoms with Crippen LogP contribution in [0.2, 0.25) is 0 Å². The van der Waals surface area contributed by atoms with Crippen LogP contribution in [0.5, 0.6) is 5.75 Å². The molecular weight excluding hydrogens is 630 g/mol. The zero-order valence-electron chi connectivity index (χ0n) is 28.1. The molecule has 5 heterocycles. The van der Waals surface area contributed by atoms with Crippen molar-refractivity contribution in [2.45, 2.75) is 82.8 Å². The van der Waals surface area contributed by atoms with E-state index in [-0.39, 0.29) is 35.6 Å². The molecule has 2 unspecified atom stereocenters.